The van der Waals surface area contributed by atoms with Gasteiger partial charge in [0, 0.05) is 35.5 Å². The number of piperidine rings is 1. The van der Waals surface area contributed by atoms with Gasteiger partial charge in [-0.25, -0.2) is 4.39 Å². The van der Waals surface area contributed by atoms with Gasteiger partial charge in [-0.2, -0.15) is 0 Å². The van der Waals surface area contributed by atoms with Gasteiger partial charge in [-0.15, -0.1) is 0 Å². The summed E-state index contributed by atoms with van der Waals surface area (Å²) in [5.74, 6) is -0.381. The molecule has 1 atom stereocenters. The van der Waals surface area contributed by atoms with E-state index in [4.69, 9.17) is 0 Å². The Morgan fingerprint density at radius 2 is 2.04 bits per heavy atom. The maximum atomic E-state index is 13.2. The highest BCUT2D eigenvalue weighted by atomic mass is 79.9. The summed E-state index contributed by atoms with van der Waals surface area (Å²) in [6.07, 6.45) is 5.25. The summed E-state index contributed by atoms with van der Waals surface area (Å²) in [5.41, 5.74) is 2.51. The standard InChI is InChI=1S/C18H16BrFN2O/c1-22-10-14(8-13-2-3-15(20)9-17(13)19)18(23)16(11-22)12-4-6-21-7-5-12/h2-9,16H,10-11H2,1H3. The Balaban J connectivity index is 1.95. The number of ketones is 1. The average Bonchev–Trinajstić information content (AvgIpc) is 2.54. The molecule has 5 heteroatoms. The molecule has 3 rings (SSSR count). The number of pyridine rings is 1. The monoisotopic (exact) mass is 374 g/mol. The van der Waals surface area contributed by atoms with E-state index in [1.54, 1.807) is 18.5 Å². The molecule has 1 fully saturated rings. The summed E-state index contributed by atoms with van der Waals surface area (Å²) in [4.78, 5) is 19.0. The predicted molar refractivity (Wildman–Crippen MR) is 91.6 cm³/mol. The molecular formula is C18H16BrFN2O. The van der Waals surface area contributed by atoms with E-state index < -0.39 is 0 Å². The second-order valence-corrected chi connectivity index (χ2v) is 6.58. The fraction of sp³-hybridized carbons (Fsp3) is 0.222. The van der Waals surface area contributed by atoms with Crippen LogP contribution < -0.4 is 0 Å². The van der Waals surface area contributed by atoms with Crippen LogP contribution in [0, 0.1) is 5.82 Å². The molecule has 2 aromatic rings. The van der Waals surface area contributed by atoms with Crippen molar-refractivity contribution in [1.82, 2.24) is 9.88 Å². The van der Waals surface area contributed by atoms with E-state index in [1.807, 2.05) is 25.3 Å². The number of likely N-dealkylation sites (N-methyl/N-ethyl adjacent to an activating group) is 1. The number of aromatic nitrogens is 1. The van der Waals surface area contributed by atoms with Crippen LogP contribution in [0.1, 0.15) is 17.0 Å². The van der Waals surface area contributed by atoms with Gasteiger partial charge < -0.3 is 4.90 Å². The average molecular weight is 375 g/mol. The molecule has 1 aromatic carbocycles. The number of halogens is 2. The summed E-state index contributed by atoms with van der Waals surface area (Å²) in [5, 5.41) is 0. The number of rotatable bonds is 2. The maximum Gasteiger partial charge on any atom is 0.168 e. The number of likely N-dealkylation sites (tertiary alicyclic amines) is 1. The molecule has 0 aliphatic carbocycles. The van der Waals surface area contributed by atoms with Crippen molar-refractivity contribution in [3.63, 3.8) is 0 Å². The molecule has 118 valence electrons. The third-order valence-corrected chi connectivity index (χ3v) is 4.65. The van der Waals surface area contributed by atoms with Crippen LogP contribution in [0.15, 0.2) is 52.8 Å². The summed E-state index contributed by atoms with van der Waals surface area (Å²) in [6.45, 7) is 1.27. The first-order valence-electron chi connectivity index (χ1n) is 7.33. The minimum Gasteiger partial charge on any atom is -0.301 e. The van der Waals surface area contributed by atoms with Crippen molar-refractivity contribution in [2.75, 3.05) is 20.1 Å². The molecule has 23 heavy (non-hydrogen) atoms. The second-order valence-electron chi connectivity index (χ2n) is 5.73. The number of carbonyl (C=O) groups excluding carboxylic acids is 1. The number of benzene rings is 1. The molecule has 1 aliphatic rings. The Kier molecular flexibility index (Phi) is 4.68. The first-order chi connectivity index (χ1) is 11.0. The van der Waals surface area contributed by atoms with Gasteiger partial charge in [0.1, 0.15) is 5.82 Å². The largest absolute Gasteiger partial charge is 0.301 e. The first-order valence-corrected chi connectivity index (χ1v) is 8.12. The number of Topliss-reactive ketones (excluding diaryl/α,β-unsaturated/α-hetero) is 1. The molecule has 0 spiro atoms. The van der Waals surface area contributed by atoms with Crippen molar-refractivity contribution in [3.8, 4) is 0 Å². The molecule has 0 bridgehead atoms. The normalized spacial score (nSPS) is 20.9. The molecule has 0 amide bonds. The molecule has 1 aromatic heterocycles. The lowest BCUT2D eigenvalue weighted by atomic mass is 9.86. The smallest absolute Gasteiger partial charge is 0.168 e. The van der Waals surface area contributed by atoms with Crippen molar-refractivity contribution in [2.24, 2.45) is 0 Å². The van der Waals surface area contributed by atoms with E-state index in [9.17, 15) is 9.18 Å². The second kappa shape index (κ2) is 6.72. The molecule has 1 unspecified atom stereocenters. The van der Waals surface area contributed by atoms with Crippen LogP contribution in [0.5, 0.6) is 0 Å². The van der Waals surface area contributed by atoms with E-state index in [0.717, 1.165) is 16.7 Å². The quantitative estimate of drug-likeness (QED) is 0.752. The fourth-order valence-electron chi connectivity index (χ4n) is 2.83. The van der Waals surface area contributed by atoms with Crippen LogP contribution in [0.2, 0.25) is 0 Å². The topological polar surface area (TPSA) is 33.2 Å². The molecule has 3 nitrogen and oxygen atoms in total. The van der Waals surface area contributed by atoms with E-state index in [2.05, 4.69) is 25.8 Å². The molecular weight excluding hydrogens is 359 g/mol. The van der Waals surface area contributed by atoms with E-state index in [1.165, 1.54) is 12.1 Å². The van der Waals surface area contributed by atoms with Crippen LogP contribution >= 0.6 is 15.9 Å². The predicted octanol–water partition coefficient (Wildman–Crippen LogP) is 3.66. The summed E-state index contributed by atoms with van der Waals surface area (Å²) in [6, 6.07) is 8.24. The van der Waals surface area contributed by atoms with Crippen molar-refractivity contribution < 1.29 is 9.18 Å². The molecule has 0 N–H and O–H groups in total. The summed E-state index contributed by atoms with van der Waals surface area (Å²) in [7, 11) is 1.99. The molecule has 0 saturated carbocycles. The SMILES string of the molecule is CN1CC(=Cc2ccc(F)cc2Br)C(=O)C(c2ccncc2)C1. The molecule has 1 aliphatic heterocycles. The summed E-state index contributed by atoms with van der Waals surface area (Å²) >= 11 is 3.35. The zero-order valence-electron chi connectivity index (χ0n) is 12.7. The van der Waals surface area contributed by atoms with Crippen LogP contribution in [-0.2, 0) is 4.79 Å². The molecule has 0 radical (unpaired) electrons. The zero-order chi connectivity index (χ0) is 16.4. The van der Waals surface area contributed by atoms with Crippen molar-refractivity contribution in [3.05, 3.63) is 69.7 Å². The lowest BCUT2D eigenvalue weighted by Gasteiger charge is -2.30. The van der Waals surface area contributed by atoms with Crippen LogP contribution in [0.3, 0.4) is 0 Å². The highest BCUT2D eigenvalue weighted by Gasteiger charge is 2.30. The van der Waals surface area contributed by atoms with Gasteiger partial charge in [0.25, 0.3) is 0 Å². The number of nitrogens with zero attached hydrogens (tertiary/aromatic N) is 2. The van der Waals surface area contributed by atoms with E-state index >= 15 is 0 Å². The van der Waals surface area contributed by atoms with Crippen molar-refractivity contribution in [1.29, 1.82) is 0 Å². The highest BCUT2D eigenvalue weighted by molar-refractivity contribution is 9.10. The lowest BCUT2D eigenvalue weighted by Crippen LogP contribution is -2.38. The van der Waals surface area contributed by atoms with Gasteiger partial charge in [0.2, 0.25) is 0 Å². The van der Waals surface area contributed by atoms with Gasteiger partial charge in [-0.05, 0) is 48.5 Å². The molecule has 2 heterocycles. The van der Waals surface area contributed by atoms with Gasteiger partial charge in [-0.3, -0.25) is 9.78 Å². The van der Waals surface area contributed by atoms with E-state index in [0.29, 0.717) is 17.6 Å². The Labute approximate surface area is 143 Å². The van der Waals surface area contributed by atoms with Gasteiger partial charge in [-0.1, -0.05) is 22.0 Å². The Bertz CT molecular complexity index is 761. The third kappa shape index (κ3) is 3.57. The Morgan fingerprint density at radius 1 is 1.30 bits per heavy atom. The minimum absolute atomic E-state index is 0.116. The molecule has 1 saturated heterocycles. The minimum atomic E-state index is -0.305. The summed E-state index contributed by atoms with van der Waals surface area (Å²) < 4.78 is 13.9. The zero-order valence-corrected chi connectivity index (χ0v) is 14.3. The first kappa shape index (κ1) is 16.0. The third-order valence-electron chi connectivity index (χ3n) is 3.97. The van der Waals surface area contributed by atoms with E-state index in [-0.39, 0.29) is 17.5 Å². The maximum absolute atomic E-state index is 13.2. The van der Waals surface area contributed by atoms with Crippen LogP contribution in [-0.4, -0.2) is 35.8 Å². The Morgan fingerprint density at radius 3 is 2.74 bits per heavy atom. The van der Waals surface area contributed by atoms with Gasteiger partial charge in [0.15, 0.2) is 5.78 Å². The Hall–Kier alpha value is -1.85. The van der Waals surface area contributed by atoms with Gasteiger partial charge in [0.05, 0.1) is 5.92 Å². The van der Waals surface area contributed by atoms with Crippen LogP contribution in [0.4, 0.5) is 4.39 Å². The number of carbonyl (C=O) groups is 1. The lowest BCUT2D eigenvalue weighted by molar-refractivity contribution is -0.118. The fourth-order valence-corrected chi connectivity index (χ4v) is 3.29. The highest BCUT2D eigenvalue weighted by Crippen LogP contribution is 2.28. The van der Waals surface area contributed by atoms with Gasteiger partial charge >= 0.3 is 0 Å². The van der Waals surface area contributed by atoms with Crippen molar-refractivity contribution >= 4 is 27.8 Å². The van der Waals surface area contributed by atoms with Crippen LogP contribution in [0.25, 0.3) is 6.08 Å². The number of hydrogen-bond acceptors (Lipinski definition) is 3. The van der Waals surface area contributed by atoms with Crippen molar-refractivity contribution in [2.45, 2.75) is 5.92 Å². The number of hydrogen-bond donors (Lipinski definition) is 0.